The van der Waals surface area contributed by atoms with Gasteiger partial charge < -0.3 is 15.0 Å². The first-order valence-electron chi connectivity index (χ1n) is 12.8. The van der Waals surface area contributed by atoms with Gasteiger partial charge in [0.2, 0.25) is 11.8 Å². The molecule has 39 heavy (non-hydrogen) atoms. The SMILES string of the molecule is CCCNC(=O)[C@@H](C)N(Cc1ccccc1)C(=O)CN(c1ccc(OCC)cc1)S(=O)(=O)c1ccc(Cl)cc1. The topological polar surface area (TPSA) is 96.0 Å². The maximum Gasteiger partial charge on any atom is 0.264 e. The van der Waals surface area contributed by atoms with Gasteiger partial charge in [-0.2, -0.15) is 0 Å². The number of hydrogen-bond acceptors (Lipinski definition) is 5. The number of nitrogens with zero attached hydrogens (tertiary/aromatic N) is 2. The number of rotatable bonds is 13. The van der Waals surface area contributed by atoms with E-state index in [2.05, 4.69) is 5.32 Å². The van der Waals surface area contributed by atoms with Gasteiger partial charge >= 0.3 is 0 Å². The number of hydrogen-bond donors (Lipinski definition) is 1. The van der Waals surface area contributed by atoms with Crippen LogP contribution in [0.5, 0.6) is 5.75 Å². The molecular formula is C29H34ClN3O5S. The highest BCUT2D eigenvalue weighted by Gasteiger charge is 2.32. The maximum absolute atomic E-state index is 13.8. The third kappa shape index (κ3) is 7.97. The van der Waals surface area contributed by atoms with Gasteiger partial charge in [0.1, 0.15) is 18.3 Å². The fraction of sp³-hybridized carbons (Fsp3) is 0.310. The molecule has 0 saturated carbocycles. The summed E-state index contributed by atoms with van der Waals surface area (Å²) in [6, 6.07) is 20.7. The first-order chi connectivity index (χ1) is 18.7. The zero-order valence-corrected chi connectivity index (χ0v) is 23.9. The summed E-state index contributed by atoms with van der Waals surface area (Å²) < 4.78 is 34.2. The van der Waals surface area contributed by atoms with Crippen molar-refractivity contribution in [2.45, 2.75) is 44.7 Å². The van der Waals surface area contributed by atoms with Crippen LogP contribution in [0.25, 0.3) is 0 Å². The molecule has 3 aromatic carbocycles. The molecule has 0 aromatic heterocycles. The predicted molar refractivity (Wildman–Crippen MR) is 153 cm³/mol. The Hall–Kier alpha value is -3.56. The molecule has 8 nitrogen and oxygen atoms in total. The van der Waals surface area contributed by atoms with Crippen LogP contribution in [0.3, 0.4) is 0 Å². The van der Waals surface area contributed by atoms with Crippen molar-refractivity contribution in [1.82, 2.24) is 10.2 Å². The summed E-state index contributed by atoms with van der Waals surface area (Å²) in [6.45, 7) is 5.98. The van der Waals surface area contributed by atoms with Crippen molar-refractivity contribution in [2.75, 3.05) is 24.0 Å². The molecule has 3 rings (SSSR count). The number of benzene rings is 3. The lowest BCUT2D eigenvalue weighted by atomic mass is 10.1. The number of carbonyl (C=O) groups excluding carboxylic acids is 2. The number of amides is 2. The number of anilines is 1. The smallest absolute Gasteiger partial charge is 0.264 e. The first-order valence-corrected chi connectivity index (χ1v) is 14.6. The van der Waals surface area contributed by atoms with E-state index < -0.39 is 28.5 Å². The summed E-state index contributed by atoms with van der Waals surface area (Å²) in [6.07, 6.45) is 0.746. The summed E-state index contributed by atoms with van der Waals surface area (Å²) in [5.74, 6) is -0.262. The van der Waals surface area contributed by atoms with Crippen molar-refractivity contribution in [2.24, 2.45) is 0 Å². The number of ether oxygens (including phenoxy) is 1. The Balaban J connectivity index is 2.00. The van der Waals surface area contributed by atoms with Gasteiger partial charge in [0.05, 0.1) is 17.2 Å². The van der Waals surface area contributed by atoms with Gasteiger partial charge in [-0.3, -0.25) is 13.9 Å². The summed E-state index contributed by atoms with van der Waals surface area (Å²) >= 11 is 5.99. The quantitative estimate of drug-likeness (QED) is 0.315. The summed E-state index contributed by atoms with van der Waals surface area (Å²) in [5, 5.41) is 3.21. The molecule has 0 unspecified atom stereocenters. The molecule has 0 heterocycles. The summed E-state index contributed by atoms with van der Waals surface area (Å²) in [7, 11) is -4.17. The monoisotopic (exact) mass is 571 g/mol. The summed E-state index contributed by atoms with van der Waals surface area (Å²) in [5.41, 5.74) is 1.10. The third-order valence-corrected chi connectivity index (χ3v) is 8.07. The van der Waals surface area contributed by atoms with Gasteiger partial charge in [-0.05, 0) is 74.4 Å². The molecule has 0 fully saturated rings. The molecule has 3 aromatic rings. The fourth-order valence-corrected chi connectivity index (χ4v) is 5.44. The second-order valence-corrected chi connectivity index (χ2v) is 11.2. The lowest BCUT2D eigenvalue weighted by Crippen LogP contribution is -2.51. The van der Waals surface area contributed by atoms with E-state index in [0.29, 0.717) is 23.9 Å². The van der Waals surface area contributed by atoms with Crippen LogP contribution in [-0.4, -0.2) is 50.9 Å². The third-order valence-electron chi connectivity index (χ3n) is 6.03. The minimum absolute atomic E-state index is 0.0167. The molecule has 1 N–H and O–H groups in total. The largest absolute Gasteiger partial charge is 0.494 e. The lowest BCUT2D eigenvalue weighted by molar-refractivity contribution is -0.139. The van der Waals surface area contributed by atoms with E-state index in [9.17, 15) is 18.0 Å². The Kier molecular flexibility index (Phi) is 10.8. The van der Waals surface area contributed by atoms with Crippen LogP contribution in [0.1, 0.15) is 32.8 Å². The van der Waals surface area contributed by atoms with Crippen LogP contribution >= 0.6 is 11.6 Å². The standard InChI is InChI=1S/C29H34ClN3O5S/c1-4-19-31-29(35)22(3)32(20-23-9-7-6-8-10-23)28(34)21-33(25-13-15-26(16-14-25)38-5-2)39(36,37)27-17-11-24(30)12-18-27/h6-18,22H,4-5,19-21H2,1-3H3,(H,31,35)/t22-/m1/s1. The van der Waals surface area contributed by atoms with Crippen LogP contribution < -0.4 is 14.4 Å². The fourth-order valence-electron chi connectivity index (χ4n) is 3.90. The van der Waals surface area contributed by atoms with E-state index in [0.717, 1.165) is 16.3 Å². The second-order valence-electron chi connectivity index (χ2n) is 8.87. The predicted octanol–water partition coefficient (Wildman–Crippen LogP) is 4.88. The molecule has 0 radical (unpaired) electrons. The zero-order valence-electron chi connectivity index (χ0n) is 22.3. The minimum atomic E-state index is -4.17. The number of halogens is 1. The van der Waals surface area contributed by atoms with Gasteiger partial charge in [-0.15, -0.1) is 0 Å². The van der Waals surface area contributed by atoms with E-state index in [1.54, 1.807) is 31.2 Å². The number of sulfonamides is 1. The average molecular weight is 572 g/mol. The maximum atomic E-state index is 13.8. The Morgan fingerprint density at radius 3 is 2.18 bits per heavy atom. The highest BCUT2D eigenvalue weighted by atomic mass is 35.5. The van der Waals surface area contributed by atoms with Gasteiger partial charge in [0.15, 0.2) is 0 Å². The molecule has 1 atom stereocenters. The Labute approximate surface area is 235 Å². The van der Waals surface area contributed by atoms with Crippen molar-refractivity contribution < 1.29 is 22.7 Å². The molecule has 0 spiro atoms. The van der Waals surface area contributed by atoms with Crippen molar-refractivity contribution >= 4 is 39.1 Å². The van der Waals surface area contributed by atoms with Crippen molar-refractivity contribution in [1.29, 1.82) is 0 Å². The number of nitrogens with one attached hydrogen (secondary N) is 1. The van der Waals surface area contributed by atoms with E-state index >= 15 is 0 Å². The van der Waals surface area contributed by atoms with Crippen LogP contribution in [0.4, 0.5) is 5.69 Å². The molecule has 2 amide bonds. The molecule has 10 heteroatoms. The molecule has 208 valence electrons. The van der Waals surface area contributed by atoms with Crippen LogP contribution in [0, 0.1) is 0 Å². The highest BCUT2D eigenvalue weighted by molar-refractivity contribution is 7.92. The average Bonchev–Trinajstić information content (AvgIpc) is 2.94. The van der Waals surface area contributed by atoms with Gasteiger partial charge in [-0.1, -0.05) is 48.9 Å². The van der Waals surface area contributed by atoms with E-state index in [4.69, 9.17) is 16.3 Å². The van der Waals surface area contributed by atoms with Crippen LogP contribution in [0.15, 0.2) is 83.8 Å². The van der Waals surface area contributed by atoms with E-state index in [-0.39, 0.29) is 23.0 Å². The Bertz CT molecular complexity index is 1330. The van der Waals surface area contributed by atoms with Crippen molar-refractivity contribution in [3.05, 3.63) is 89.4 Å². The van der Waals surface area contributed by atoms with Crippen LogP contribution in [-0.2, 0) is 26.2 Å². The Morgan fingerprint density at radius 1 is 0.949 bits per heavy atom. The van der Waals surface area contributed by atoms with Gasteiger partial charge in [0, 0.05) is 18.1 Å². The van der Waals surface area contributed by atoms with E-state index in [1.807, 2.05) is 44.2 Å². The lowest BCUT2D eigenvalue weighted by Gasteiger charge is -2.32. The van der Waals surface area contributed by atoms with Gasteiger partial charge in [-0.25, -0.2) is 8.42 Å². The van der Waals surface area contributed by atoms with E-state index in [1.165, 1.54) is 29.2 Å². The van der Waals surface area contributed by atoms with Crippen molar-refractivity contribution in [3.8, 4) is 5.75 Å². The minimum Gasteiger partial charge on any atom is -0.494 e. The summed E-state index contributed by atoms with van der Waals surface area (Å²) in [4.78, 5) is 28.1. The van der Waals surface area contributed by atoms with Gasteiger partial charge in [0.25, 0.3) is 10.0 Å². The number of carbonyl (C=O) groups is 2. The molecule has 0 aliphatic heterocycles. The second kappa shape index (κ2) is 14.0. The normalized spacial score (nSPS) is 11.9. The molecule has 0 bridgehead atoms. The first kappa shape index (κ1) is 30.0. The molecular weight excluding hydrogens is 538 g/mol. The molecule has 0 aliphatic carbocycles. The molecule has 0 aliphatic rings. The Morgan fingerprint density at radius 2 is 1.59 bits per heavy atom. The zero-order chi connectivity index (χ0) is 28.4. The van der Waals surface area contributed by atoms with Crippen LogP contribution in [0.2, 0.25) is 5.02 Å². The highest BCUT2D eigenvalue weighted by Crippen LogP contribution is 2.27. The molecule has 0 saturated heterocycles. The van der Waals surface area contributed by atoms with Crippen molar-refractivity contribution in [3.63, 3.8) is 0 Å².